The smallest absolute Gasteiger partial charge is 0.161 e. The van der Waals surface area contributed by atoms with Crippen LogP contribution in [0.1, 0.15) is 37.1 Å². The highest BCUT2D eigenvalue weighted by Gasteiger charge is 2.21. The van der Waals surface area contributed by atoms with E-state index in [-0.39, 0.29) is 17.8 Å². The van der Waals surface area contributed by atoms with Crippen LogP contribution in [0.2, 0.25) is 0 Å². The van der Waals surface area contributed by atoms with Crippen LogP contribution in [0, 0.1) is 0 Å². The Hall–Kier alpha value is -2.05. The van der Waals surface area contributed by atoms with Gasteiger partial charge in [0.25, 0.3) is 0 Å². The molecule has 1 N–H and O–H groups in total. The number of benzene rings is 2. The zero-order valence-corrected chi connectivity index (χ0v) is 16.5. The quantitative estimate of drug-likeness (QED) is 0.724. The molecule has 2 aromatic rings. The first-order valence-electron chi connectivity index (χ1n) is 8.63. The van der Waals surface area contributed by atoms with Gasteiger partial charge in [0.05, 0.1) is 19.5 Å². The van der Waals surface area contributed by atoms with Gasteiger partial charge in [-0.3, -0.25) is 0 Å². The van der Waals surface area contributed by atoms with Gasteiger partial charge in [0.1, 0.15) is 9.84 Å². The topological polar surface area (TPSA) is 64.6 Å². The second kappa shape index (κ2) is 9.05. The predicted octanol–water partition coefficient (Wildman–Crippen LogP) is 3.53. The Bertz CT molecular complexity index is 806. The van der Waals surface area contributed by atoms with Crippen molar-refractivity contribution in [3.05, 3.63) is 59.7 Å². The molecule has 0 heterocycles. The van der Waals surface area contributed by atoms with E-state index in [9.17, 15) is 8.42 Å². The lowest BCUT2D eigenvalue weighted by atomic mass is 10.0. The number of hydrogen-bond acceptors (Lipinski definition) is 5. The van der Waals surface area contributed by atoms with Crippen LogP contribution in [0.5, 0.6) is 11.5 Å². The molecule has 0 aliphatic heterocycles. The van der Waals surface area contributed by atoms with Crippen molar-refractivity contribution < 1.29 is 17.9 Å². The van der Waals surface area contributed by atoms with E-state index in [1.54, 1.807) is 7.11 Å². The van der Waals surface area contributed by atoms with Gasteiger partial charge in [-0.1, -0.05) is 36.4 Å². The van der Waals surface area contributed by atoms with Crippen LogP contribution in [0.25, 0.3) is 0 Å². The van der Waals surface area contributed by atoms with Crippen LogP contribution < -0.4 is 14.8 Å². The van der Waals surface area contributed by atoms with Crippen molar-refractivity contribution in [3.63, 3.8) is 0 Å². The Kier molecular flexibility index (Phi) is 7.06. The van der Waals surface area contributed by atoms with Crippen LogP contribution in [0.4, 0.5) is 0 Å². The van der Waals surface area contributed by atoms with Gasteiger partial charge in [0, 0.05) is 18.3 Å². The molecule has 142 valence electrons. The van der Waals surface area contributed by atoms with Gasteiger partial charge < -0.3 is 14.8 Å². The Morgan fingerprint density at radius 2 is 1.73 bits per heavy atom. The van der Waals surface area contributed by atoms with Gasteiger partial charge in [-0.2, -0.15) is 0 Å². The molecule has 0 amide bonds. The first-order valence-corrected chi connectivity index (χ1v) is 10.7. The first-order chi connectivity index (χ1) is 12.3. The minimum Gasteiger partial charge on any atom is -0.493 e. The molecule has 0 aliphatic carbocycles. The van der Waals surface area contributed by atoms with Crippen LogP contribution in [-0.4, -0.2) is 34.1 Å². The third-order valence-corrected chi connectivity index (χ3v) is 5.05. The van der Waals surface area contributed by atoms with E-state index in [4.69, 9.17) is 9.47 Å². The number of ether oxygens (including phenoxy) is 2. The van der Waals surface area contributed by atoms with Crippen molar-refractivity contribution in [2.24, 2.45) is 0 Å². The Labute approximate surface area is 156 Å². The van der Waals surface area contributed by atoms with E-state index in [2.05, 4.69) is 5.32 Å². The van der Waals surface area contributed by atoms with E-state index in [0.29, 0.717) is 18.1 Å². The molecule has 0 aliphatic rings. The van der Waals surface area contributed by atoms with Crippen molar-refractivity contribution in [3.8, 4) is 11.5 Å². The highest BCUT2D eigenvalue weighted by molar-refractivity contribution is 7.90. The SMILES string of the molecule is CCOc1cc(C(CS(C)(=O)=O)NC(C)c2ccccc2)ccc1OC. The predicted molar refractivity (Wildman–Crippen MR) is 105 cm³/mol. The Balaban J connectivity index is 2.34. The summed E-state index contributed by atoms with van der Waals surface area (Å²) in [5.41, 5.74) is 1.95. The summed E-state index contributed by atoms with van der Waals surface area (Å²) in [4.78, 5) is 0. The number of sulfone groups is 1. The van der Waals surface area contributed by atoms with E-state index in [0.717, 1.165) is 11.1 Å². The highest BCUT2D eigenvalue weighted by atomic mass is 32.2. The van der Waals surface area contributed by atoms with Crippen molar-refractivity contribution in [2.45, 2.75) is 25.9 Å². The van der Waals surface area contributed by atoms with Crippen LogP contribution in [-0.2, 0) is 9.84 Å². The standard InChI is InChI=1S/C20H27NO4S/c1-5-25-20-13-17(11-12-19(20)24-3)18(14-26(4,22)23)21-15(2)16-9-7-6-8-10-16/h6-13,15,18,21H,5,14H2,1-4H3. The fraction of sp³-hybridized carbons (Fsp3) is 0.400. The lowest BCUT2D eigenvalue weighted by Crippen LogP contribution is -2.30. The molecule has 5 nitrogen and oxygen atoms in total. The minimum atomic E-state index is -3.17. The second-order valence-electron chi connectivity index (χ2n) is 6.29. The molecule has 0 spiro atoms. The average molecular weight is 378 g/mol. The molecule has 2 rings (SSSR count). The Morgan fingerprint density at radius 3 is 2.31 bits per heavy atom. The average Bonchev–Trinajstić information content (AvgIpc) is 2.61. The van der Waals surface area contributed by atoms with Crippen molar-refractivity contribution in [1.29, 1.82) is 0 Å². The molecule has 0 bridgehead atoms. The summed E-state index contributed by atoms with van der Waals surface area (Å²) in [7, 11) is -1.59. The number of nitrogens with one attached hydrogen (secondary N) is 1. The molecule has 0 saturated heterocycles. The fourth-order valence-corrected chi connectivity index (χ4v) is 3.76. The second-order valence-corrected chi connectivity index (χ2v) is 8.47. The monoisotopic (exact) mass is 377 g/mol. The zero-order valence-electron chi connectivity index (χ0n) is 15.7. The lowest BCUT2D eigenvalue weighted by Gasteiger charge is -2.24. The van der Waals surface area contributed by atoms with E-state index in [1.807, 2.05) is 62.4 Å². The van der Waals surface area contributed by atoms with E-state index >= 15 is 0 Å². The molecular formula is C20H27NO4S. The molecule has 2 atom stereocenters. The normalized spacial score (nSPS) is 13.8. The summed E-state index contributed by atoms with van der Waals surface area (Å²) in [6.45, 7) is 4.43. The highest BCUT2D eigenvalue weighted by Crippen LogP contribution is 2.31. The van der Waals surface area contributed by atoms with Gasteiger partial charge >= 0.3 is 0 Å². The molecule has 26 heavy (non-hydrogen) atoms. The lowest BCUT2D eigenvalue weighted by molar-refractivity contribution is 0.310. The maximum absolute atomic E-state index is 12.0. The maximum atomic E-state index is 12.0. The van der Waals surface area contributed by atoms with E-state index < -0.39 is 9.84 Å². The van der Waals surface area contributed by atoms with E-state index in [1.165, 1.54) is 6.26 Å². The molecule has 2 unspecified atom stereocenters. The summed E-state index contributed by atoms with van der Waals surface area (Å²) in [5.74, 6) is 1.24. The van der Waals surface area contributed by atoms with Crippen LogP contribution in [0.15, 0.2) is 48.5 Å². The summed E-state index contributed by atoms with van der Waals surface area (Å²) < 4.78 is 34.9. The van der Waals surface area contributed by atoms with Gasteiger partial charge in [-0.25, -0.2) is 8.42 Å². The molecule has 0 fully saturated rings. The molecule has 0 saturated carbocycles. The Morgan fingerprint density at radius 1 is 1.04 bits per heavy atom. The van der Waals surface area contributed by atoms with Gasteiger partial charge in [-0.15, -0.1) is 0 Å². The molecular weight excluding hydrogens is 350 g/mol. The number of rotatable bonds is 9. The number of hydrogen-bond donors (Lipinski definition) is 1. The van der Waals surface area contributed by atoms with Crippen LogP contribution in [0.3, 0.4) is 0 Å². The van der Waals surface area contributed by atoms with Crippen molar-refractivity contribution in [1.82, 2.24) is 5.32 Å². The largest absolute Gasteiger partial charge is 0.493 e. The summed E-state index contributed by atoms with van der Waals surface area (Å²) in [6, 6.07) is 15.1. The van der Waals surface area contributed by atoms with Crippen molar-refractivity contribution in [2.75, 3.05) is 25.7 Å². The zero-order chi connectivity index (χ0) is 19.2. The maximum Gasteiger partial charge on any atom is 0.161 e. The van der Waals surface area contributed by atoms with Gasteiger partial charge in [0.15, 0.2) is 11.5 Å². The number of methoxy groups -OCH3 is 1. The van der Waals surface area contributed by atoms with Gasteiger partial charge in [0.2, 0.25) is 0 Å². The molecule has 6 heteroatoms. The summed E-state index contributed by atoms with van der Waals surface area (Å²) >= 11 is 0. The minimum absolute atomic E-state index is 0.000551. The first kappa shape index (κ1) is 20.3. The molecule has 0 radical (unpaired) electrons. The third kappa shape index (κ3) is 5.75. The van der Waals surface area contributed by atoms with Gasteiger partial charge in [-0.05, 0) is 37.1 Å². The molecule has 0 aromatic heterocycles. The third-order valence-electron chi connectivity index (χ3n) is 4.11. The molecule has 2 aromatic carbocycles. The summed E-state index contributed by atoms with van der Waals surface area (Å²) in [5, 5.41) is 3.44. The fourth-order valence-electron chi connectivity index (χ4n) is 2.86. The summed E-state index contributed by atoms with van der Waals surface area (Å²) in [6.07, 6.45) is 1.25. The van der Waals surface area contributed by atoms with Crippen LogP contribution >= 0.6 is 0 Å². The van der Waals surface area contributed by atoms with Crippen molar-refractivity contribution >= 4 is 9.84 Å².